The fraction of sp³-hybridized carbons (Fsp3) is 1.00. The van der Waals surface area contributed by atoms with Gasteiger partial charge in [-0.25, -0.2) is 0 Å². The normalized spacial score (nSPS) is 36.2. The van der Waals surface area contributed by atoms with E-state index in [1.807, 2.05) is 6.92 Å². The molecule has 16 heavy (non-hydrogen) atoms. The average Bonchev–Trinajstić information content (AvgIpc) is 2.30. The fourth-order valence-corrected chi connectivity index (χ4v) is 3.33. The molecule has 3 heteroatoms. The molecule has 1 heterocycles. The molecule has 2 fully saturated rings. The number of piperidine rings is 1. The molecular weight excluding hydrogens is 200 g/mol. The van der Waals surface area contributed by atoms with E-state index in [0.29, 0.717) is 18.0 Å². The summed E-state index contributed by atoms with van der Waals surface area (Å²) in [5.41, 5.74) is 6.21. The molecule has 0 radical (unpaired) electrons. The summed E-state index contributed by atoms with van der Waals surface area (Å²) in [6.07, 6.45) is 7.27. The third-order valence-corrected chi connectivity index (χ3v) is 4.51. The van der Waals surface area contributed by atoms with Crippen molar-refractivity contribution < 1.29 is 5.11 Å². The van der Waals surface area contributed by atoms with E-state index >= 15 is 0 Å². The smallest absolute Gasteiger partial charge is 0.0541 e. The van der Waals surface area contributed by atoms with Crippen LogP contribution in [0.1, 0.15) is 45.4 Å². The van der Waals surface area contributed by atoms with Crippen LogP contribution in [-0.4, -0.2) is 41.3 Å². The maximum Gasteiger partial charge on any atom is 0.0541 e. The van der Waals surface area contributed by atoms with Crippen LogP contribution in [-0.2, 0) is 0 Å². The summed E-state index contributed by atoms with van der Waals surface area (Å²) in [6, 6.07) is 1.00. The maximum absolute atomic E-state index is 9.58. The minimum absolute atomic E-state index is 0.137. The predicted octanol–water partition coefficient (Wildman–Crippen LogP) is 1.35. The zero-order valence-electron chi connectivity index (χ0n) is 10.4. The lowest BCUT2D eigenvalue weighted by molar-refractivity contribution is 0.0423. The number of hydrogen-bond donors (Lipinski definition) is 2. The van der Waals surface area contributed by atoms with E-state index in [9.17, 15) is 5.11 Å². The van der Waals surface area contributed by atoms with E-state index < -0.39 is 0 Å². The summed E-state index contributed by atoms with van der Waals surface area (Å²) in [6.45, 7) is 4.19. The Labute approximate surface area is 99.0 Å². The second-order valence-corrected chi connectivity index (χ2v) is 5.63. The Morgan fingerprint density at radius 1 is 1.12 bits per heavy atom. The minimum Gasteiger partial charge on any atom is -0.393 e. The van der Waals surface area contributed by atoms with Gasteiger partial charge in [0, 0.05) is 12.1 Å². The number of hydrogen-bond acceptors (Lipinski definition) is 3. The van der Waals surface area contributed by atoms with E-state index in [4.69, 9.17) is 5.73 Å². The molecule has 1 saturated heterocycles. The number of nitrogens with two attached hydrogens (primary N) is 1. The van der Waals surface area contributed by atoms with Gasteiger partial charge < -0.3 is 10.8 Å². The molecule has 3 N–H and O–H groups in total. The molecule has 0 aromatic carbocycles. The van der Waals surface area contributed by atoms with Crippen LogP contribution in [0.5, 0.6) is 0 Å². The van der Waals surface area contributed by atoms with E-state index in [1.165, 1.54) is 25.7 Å². The quantitative estimate of drug-likeness (QED) is 0.747. The first-order valence-electron chi connectivity index (χ1n) is 6.86. The van der Waals surface area contributed by atoms with Crippen LogP contribution < -0.4 is 5.73 Å². The van der Waals surface area contributed by atoms with Crippen LogP contribution in [0.4, 0.5) is 0 Å². The Morgan fingerprint density at radius 3 is 2.31 bits per heavy atom. The van der Waals surface area contributed by atoms with E-state index in [2.05, 4.69) is 4.90 Å². The second-order valence-electron chi connectivity index (χ2n) is 5.63. The van der Waals surface area contributed by atoms with E-state index in [1.54, 1.807) is 0 Å². The van der Waals surface area contributed by atoms with Crippen LogP contribution in [0.25, 0.3) is 0 Å². The second kappa shape index (κ2) is 5.48. The lowest BCUT2D eigenvalue weighted by Crippen LogP contribution is -2.52. The molecule has 3 unspecified atom stereocenters. The molecule has 1 aliphatic heterocycles. The Kier molecular flexibility index (Phi) is 4.22. The van der Waals surface area contributed by atoms with Gasteiger partial charge in [0.2, 0.25) is 0 Å². The topological polar surface area (TPSA) is 49.5 Å². The van der Waals surface area contributed by atoms with Crippen LogP contribution in [0, 0.1) is 5.92 Å². The summed E-state index contributed by atoms with van der Waals surface area (Å²) >= 11 is 0. The monoisotopic (exact) mass is 226 g/mol. The Hall–Kier alpha value is -0.120. The maximum atomic E-state index is 9.58. The first-order chi connectivity index (χ1) is 7.68. The van der Waals surface area contributed by atoms with Gasteiger partial charge in [-0.3, -0.25) is 4.90 Å². The van der Waals surface area contributed by atoms with Gasteiger partial charge in [-0.2, -0.15) is 0 Å². The standard InChI is InChI=1S/C13H26N2O/c1-10(16)11-6-8-15(9-7-11)13-5-3-2-4-12(13)14/h10-13,16H,2-9,14H2,1H3. The van der Waals surface area contributed by atoms with Crippen molar-refractivity contribution in [3.63, 3.8) is 0 Å². The van der Waals surface area contributed by atoms with E-state index in [0.717, 1.165) is 25.9 Å². The van der Waals surface area contributed by atoms with Gasteiger partial charge in [0.05, 0.1) is 6.10 Å². The van der Waals surface area contributed by atoms with Gasteiger partial charge >= 0.3 is 0 Å². The number of likely N-dealkylation sites (tertiary alicyclic amines) is 1. The highest BCUT2D eigenvalue weighted by Gasteiger charge is 2.31. The third-order valence-electron chi connectivity index (χ3n) is 4.51. The highest BCUT2D eigenvalue weighted by molar-refractivity contribution is 4.88. The summed E-state index contributed by atoms with van der Waals surface area (Å²) in [5, 5.41) is 9.58. The van der Waals surface area contributed by atoms with Crippen molar-refractivity contribution in [1.29, 1.82) is 0 Å². The average molecular weight is 226 g/mol. The lowest BCUT2D eigenvalue weighted by Gasteiger charge is -2.42. The van der Waals surface area contributed by atoms with Crippen molar-refractivity contribution in [2.75, 3.05) is 13.1 Å². The number of aliphatic hydroxyl groups is 1. The highest BCUT2D eigenvalue weighted by Crippen LogP contribution is 2.27. The van der Waals surface area contributed by atoms with Crippen molar-refractivity contribution >= 4 is 0 Å². The number of nitrogens with zero attached hydrogens (tertiary/aromatic N) is 1. The Balaban J connectivity index is 1.83. The molecule has 3 nitrogen and oxygen atoms in total. The minimum atomic E-state index is -0.137. The molecule has 0 amide bonds. The first-order valence-corrected chi connectivity index (χ1v) is 6.86. The summed E-state index contributed by atoms with van der Waals surface area (Å²) < 4.78 is 0. The molecule has 1 aliphatic carbocycles. The molecule has 0 aromatic heterocycles. The third kappa shape index (κ3) is 2.76. The van der Waals surface area contributed by atoms with Gasteiger partial charge in [0.15, 0.2) is 0 Å². The number of rotatable bonds is 2. The van der Waals surface area contributed by atoms with Crippen molar-refractivity contribution in [2.45, 2.75) is 63.6 Å². The fourth-order valence-electron chi connectivity index (χ4n) is 3.33. The van der Waals surface area contributed by atoms with Gasteiger partial charge in [-0.15, -0.1) is 0 Å². The van der Waals surface area contributed by atoms with Crippen molar-refractivity contribution in [3.8, 4) is 0 Å². The van der Waals surface area contributed by atoms with Gasteiger partial charge in [0.1, 0.15) is 0 Å². The Morgan fingerprint density at radius 2 is 1.75 bits per heavy atom. The molecule has 94 valence electrons. The molecule has 3 atom stereocenters. The van der Waals surface area contributed by atoms with Gasteiger partial charge in [-0.1, -0.05) is 12.8 Å². The molecule has 2 rings (SSSR count). The molecular formula is C13H26N2O. The van der Waals surface area contributed by atoms with Gasteiger partial charge in [0.25, 0.3) is 0 Å². The zero-order chi connectivity index (χ0) is 11.5. The SMILES string of the molecule is CC(O)C1CCN(C2CCCCC2N)CC1. The largest absolute Gasteiger partial charge is 0.393 e. The van der Waals surface area contributed by atoms with Gasteiger partial charge in [-0.05, 0) is 51.6 Å². The summed E-state index contributed by atoms with van der Waals surface area (Å²) in [4.78, 5) is 2.57. The molecule has 0 spiro atoms. The molecule has 0 bridgehead atoms. The van der Waals surface area contributed by atoms with Crippen molar-refractivity contribution in [3.05, 3.63) is 0 Å². The predicted molar refractivity (Wildman–Crippen MR) is 66.2 cm³/mol. The highest BCUT2D eigenvalue weighted by atomic mass is 16.3. The Bertz CT molecular complexity index is 212. The van der Waals surface area contributed by atoms with Crippen LogP contribution in [0.3, 0.4) is 0 Å². The first kappa shape index (κ1) is 12.3. The summed E-state index contributed by atoms with van der Waals surface area (Å²) in [5.74, 6) is 0.510. The van der Waals surface area contributed by atoms with Crippen LogP contribution in [0.2, 0.25) is 0 Å². The lowest BCUT2D eigenvalue weighted by atomic mass is 9.86. The number of aliphatic hydroxyl groups excluding tert-OH is 1. The molecule has 2 aliphatic rings. The van der Waals surface area contributed by atoms with E-state index in [-0.39, 0.29) is 6.10 Å². The van der Waals surface area contributed by atoms with Crippen molar-refractivity contribution in [2.24, 2.45) is 11.7 Å². The van der Waals surface area contributed by atoms with Crippen LogP contribution >= 0.6 is 0 Å². The van der Waals surface area contributed by atoms with Crippen LogP contribution in [0.15, 0.2) is 0 Å². The molecule has 1 saturated carbocycles. The van der Waals surface area contributed by atoms with Crippen molar-refractivity contribution in [1.82, 2.24) is 4.90 Å². The zero-order valence-corrected chi connectivity index (χ0v) is 10.4. The summed E-state index contributed by atoms with van der Waals surface area (Å²) in [7, 11) is 0. The molecule has 0 aromatic rings.